The van der Waals surface area contributed by atoms with Crippen molar-refractivity contribution in [3.63, 3.8) is 0 Å². The van der Waals surface area contributed by atoms with Crippen molar-refractivity contribution in [2.75, 3.05) is 26.2 Å². The second-order valence-corrected chi connectivity index (χ2v) is 8.53. The number of amides is 1. The molecule has 0 radical (unpaired) electrons. The molecule has 28 heavy (non-hydrogen) atoms. The summed E-state index contributed by atoms with van der Waals surface area (Å²) >= 11 is 0. The van der Waals surface area contributed by atoms with Gasteiger partial charge in [0.1, 0.15) is 0 Å². The Morgan fingerprint density at radius 3 is 2.75 bits per heavy atom. The summed E-state index contributed by atoms with van der Waals surface area (Å²) in [5.74, 6) is 0.738. The van der Waals surface area contributed by atoms with Crippen LogP contribution in [0.4, 0.5) is 0 Å². The smallest absolute Gasteiger partial charge is 0.253 e. The highest BCUT2D eigenvalue weighted by molar-refractivity contribution is 5.94. The Labute approximate surface area is 167 Å². The zero-order valence-electron chi connectivity index (χ0n) is 17.2. The van der Waals surface area contributed by atoms with E-state index in [1.807, 2.05) is 23.4 Å². The Balaban J connectivity index is 1.55. The van der Waals surface area contributed by atoms with Crippen LogP contribution in [-0.4, -0.2) is 56.8 Å². The molecule has 1 spiro atoms. The van der Waals surface area contributed by atoms with Crippen molar-refractivity contribution < 1.29 is 4.79 Å². The number of imidazole rings is 1. The minimum absolute atomic E-state index is 0.0402. The second-order valence-electron chi connectivity index (χ2n) is 8.53. The van der Waals surface area contributed by atoms with Gasteiger partial charge in [-0.05, 0) is 37.3 Å². The average Bonchev–Trinajstić information content (AvgIpc) is 3.20. The van der Waals surface area contributed by atoms with Gasteiger partial charge in [-0.3, -0.25) is 14.7 Å². The Hall–Kier alpha value is -2.21. The zero-order valence-corrected chi connectivity index (χ0v) is 17.2. The molecule has 0 unspecified atom stereocenters. The lowest BCUT2D eigenvalue weighted by Gasteiger charge is -2.51. The predicted octanol–water partition coefficient (Wildman–Crippen LogP) is 3.01. The second kappa shape index (κ2) is 7.66. The van der Waals surface area contributed by atoms with Gasteiger partial charge in [0.25, 0.3) is 5.91 Å². The topological polar surface area (TPSA) is 65.1 Å². The van der Waals surface area contributed by atoms with Crippen LogP contribution in [0.3, 0.4) is 0 Å². The number of H-pyrrole nitrogens is 1. The van der Waals surface area contributed by atoms with Gasteiger partial charge >= 0.3 is 0 Å². The van der Waals surface area contributed by atoms with Gasteiger partial charge in [0.05, 0.1) is 17.6 Å². The van der Waals surface area contributed by atoms with Gasteiger partial charge in [0.15, 0.2) is 0 Å². The molecule has 1 fully saturated rings. The third-order valence-electron chi connectivity index (χ3n) is 6.29. The van der Waals surface area contributed by atoms with E-state index in [2.05, 4.69) is 35.6 Å². The van der Waals surface area contributed by atoms with Crippen molar-refractivity contribution in [1.29, 1.82) is 0 Å². The van der Waals surface area contributed by atoms with Crippen LogP contribution < -0.4 is 0 Å². The molecule has 150 valence electrons. The molecule has 2 aliphatic rings. The maximum absolute atomic E-state index is 13.1. The van der Waals surface area contributed by atoms with E-state index in [0.717, 1.165) is 63.1 Å². The van der Waals surface area contributed by atoms with E-state index in [0.29, 0.717) is 5.92 Å². The average molecular weight is 382 g/mol. The number of likely N-dealkylation sites (tertiary alicyclic amines) is 1. The molecule has 4 heterocycles. The molecule has 0 saturated carbocycles. The number of aromatic amines is 1. The highest BCUT2D eigenvalue weighted by Crippen LogP contribution is 2.42. The summed E-state index contributed by atoms with van der Waals surface area (Å²) in [6.07, 6.45) is 7.34. The molecule has 1 saturated heterocycles. The molecule has 1 N–H and O–H groups in total. The maximum Gasteiger partial charge on any atom is 0.253 e. The summed E-state index contributed by atoms with van der Waals surface area (Å²) in [4.78, 5) is 30.1. The maximum atomic E-state index is 13.1. The van der Waals surface area contributed by atoms with Crippen LogP contribution in [-0.2, 0) is 18.4 Å². The fraction of sp³-hybridized carbons (Fsp3) is 0.591. The van der Waals surface area contributed by atoms with Crippen molar-refractivity contribution >= 4 is 5.91 Å². The van der Waals surface area contributed by atoms with Crippen LogP contribution in [0, 0.1) is 5.92 Å². The number of nitrogens with one attached hydrogen (secondary N) is 1. The Bertz CT molecular complexity index is 835. The first-order valence-electron chi connectivity index (χ1n) is 10.6. The molecule has 4 rings (SSSR count). The molecule has 2 aliphatic heterocycles. The molecule has 2 aromatic heterocycles. The van der Waals surface area contributed by atoms with Crippen molar-refractivity contribution in [2.45, 2.75) is 52.0 Å². The summed E-state index contributed by atoms with van der Waals surface area (Å²) in [6.45, 7) is 10.3. The number of carbonyl (C=O) groups is 1. The van der Waals surface area contributed by atoms with E-state index < -0.39 is 0 Å². The summed E-state index contributed by atoms with van der Waals surface area (Å²) in [5, 5.41) is 0. The molecule has 0 bridgehead atoms. The molecular formula is C22H31N5O. The molecule has 0 aromatic carbocycles. The van der Waals surface area contributed by atoms with Crippen LogP contribution in [0.1, 0.15) is 61.1 Å². The number of rotatable bonds is 4. The van der Waals surface area contributed by atoms with E-state index in [9.17, 15) is 4.79 Å². The van der Waals surface area contributed by atoms with Crippen LogP contribution in [0.25, 0.3) is 0 Å². The number of hydrogen-bond donors (Lipinski definition) is 1. The van der Waals surface area contributed by atoms with Crippen molar-refractivity contribution in [3.05, 3.63) is 47.3 Å². The minimum atomic E-state index is -0.0402. The first-order valence-corrected chi connectivity index (χ1v) is 10.6. The lowest BCUT2D eigenvalue weighted by atomic mass is 9.78. The number of hydrogen-bond acceptors (Lipinski definition) is 4. The summed E-state index contributed by atoms with van der Waals surface area (Å²) in [6, 6.07) is 3.77. The van der Waals surface area contributed by atoms with Gasteiger partial charge in [0.2, 0.25) is 0 Å². The molecule has 6 nitrogen and oxygen atoms in total. The monoisotopic (exact) mass is 381 g/mol. The Morgan fingerprint density at radius 2 is 2.04 bits per heavy atom. The van der Waals surface area contributed by atoms with Gasteiger partial charge in [-0.1, -0.05) is 20.8 Å². The van der Waals surface area contributed by atoms with Gasteiger partial charge in [-0.25, -0.2) is 4.98 Å². The van der Waals surface area contributed by atoms with E-state index >= 15 is 0 Å². The van der Waals surface area contributed by atoms with Crippen molar-refractivity contribution in [2.24, 2.45) is 5.92 Å². The number of fused-ring (bicyclic) bond motifs is 2. The largest absolute Gasteiger partial charge is 0.348 e. The number of nitrogens with zero attached hydrogens (tertiary/aromatic N) is 4. The van der Waals surface area contributed by atoms with Crippen LogP contribution in [0.5, 0.6) is 0 Å². The molecule has 0 aliphatic carbocycles. The standard InChI is InChI=1S/C22H31N5O/c1-4-18-13-17(5-9-23-18)21(28)26-11-7-22(8-12-26)20-19(24-15-25-20)6-10-27(22)14-16(2)3/h5,9,13,15-16H,4,6-8,10-12,14H2,1-3H3,(H,24,25). The lowest BCUT2D eigenvalue weighted by molar-refractivity contribution is 0.000614. The van der Waals surface area contributed by atoms with Crippen LogP contribution in [0.15, 0.2) is 24.7 Å². The van der Waals surface area contributed by atoms with Crippen molar-refractivity contribution in [3.8, 4) is 0 Å². The molecule has 1 amide bonds. The number of pyridine rings is 1. The van der Waals surface area contributed by atoms with Gasteiger partial charge < -0.3 is 9.88 Å². The van der Waals surface area contributed by atoms with Gasteiger partial charge in [-0.15, -0.1) is 0 Å². The van der Waals surface area contributed by atoms with Crippen LogP contribution in [0.2, 0.25) is 0 Å². The minimum Gasteiger partial charge on any atom is -0.348 e. The summed E-state index contributed by atoms with van der Waals surface area (Å²) in [7, 11) is 0. The molecule has 6 heteroatoms. The normalized spacial score (nSPS) is 19.2. The SMILES string of the molecule is CCc1cc(C(=O)N2CCC3(CC2)c2nc[nH]c2CCN3CC(C)C)ccn1. The lowest BCUT2D eigenvalue weighted by Crippen LogP contribution is -2.57. The number of aromatic nitrogens is 3. The molecule has 2 aromatic rings. The summed E-state index contributed by atoms with van der Waals surface area (Å²) < 4.78 is 0. The first-order chi connectivity index (χ1) is 13.5. The van der Waals surface area contributed by atoms with E-state index in [1.54, 1.807) is 6.20 Å². The highest BCUT2D eigenvalue weighted by Gasteiger charge is 2.47. The highest BCUT2D eigenvalue weighted by atomic mass is 16.2. The van der Waals surface area contributed by atoms with Crippen molar-refractivity contribution in [1.82, 2.24) is 24.8 Å². The predicted molar refractivity (Wildman–Crippen MR) is 109 cm³/mol. The number of aryl methyl sites for hydroxylation is 1. The fourth-order valence-corrected chi connectivity index (χ4v) is 4.85. The number of piperidine rings is 1. The van der Waals surface area contributed by atoms with E-state index in [1.165, 1.54) is 11.4 Å². The molecular weight excluding hydrogens is 350 g/mol. The third kappa shape index (κ3) is 3.34. The fourth-order valence-electron chi connectivity index (χ4n) is 4.85. The first kappa shape index (κ1) is 19.1. The quantitative estimate of drug-likeness (QED) is 0.884. The Kier molecular flexibility index (Phi) is 5.23. The third-order valence-corrected chi connectivity index (χ3v) is 6.29. The van der Waals surface area contributed by atoms with Gasteiger partial charge in [0, 0.05) is 55.7 Å². The molecule has 0 atom stereocenters. The zero-order chi connectivity index (χ0) is 19.7. The van der Waals surface area contributed by atoms with Crippen LogP contribution >= 0.6 is 0 Å². The van der Waals surface area contributed by atoms with E-state index in [4.69, 9.17) is 4.98 Å². The number of carbonyl (C=O) groups excluding carboxylic acids is 1. The van der Waals surface area contributed by atoms with E-state index in [-0.39, 0.29) is 11.4 Å². The van der Waals surface area contributed by atoms with Gasteiger partial charge in [-0.2, -0.15) is 0 Å². The Morgan fingerprint density at radius 1 is 1.25 bits per heavy atom. The summed E-state index contributed by atoms with van der Waals surface area (Å²) in [5.41, 5.74) is 4.17.